The van der Waals surface area contributed by atoms with Gasteiger partial charge in [0.05, 0.1) is 20.7 Å². The molecule has 0 saturated carbocycles. The summed E-state index contributed by atoms with van der Waals surface area (Å²) in [5.41, 5.74) is -0.390. The van der Waals surface area contributed by atoms with Gasteiger partial charge in [-0.25, -0.2) is 4.39 Å². The van der Waals surface area contributed by atoms with Crippen molar-refractivity contribution in [3.63, 3.8) is 0 Å². The first-order valence-electron chi connectivity index (χ1n) is 7.45. The first-order valence-corrected chi connectivity index (χ1v) is 8.21. The first kappa shape index (κ1) is 18.8. The highest BCUT2D eigenvalue weighted by Crippen LogP contribution is 2.37. The van der Waals surface area contributed by atoms with Gasteiger partial charge in [-0.2, -0.15) is 0 Å². The molecule has 7 nitrogen and oxygen atoms in total. The second kappa shape index (κ2) is 7.34. The number of hydrogen-bond donors (Lipinski definition) is 1. The van der Waals surface area contributed by atoms with Crippen molar-refractivity contribution in [1.29, 1.82) is 0 Å². The third-order valence-electron chi connectivity index (χ3n) is 3.70. The number of nitrogens with one attached hydrogen (secondary N) is 1. The zero-order valence-corrected chi connectivity index (χ0v) is 15.1. The minimum absolute atomic E-state index is 0.0177. The molecule has 0 atom stereocenters. The van der Waals surface area contributed by atoms with E-state index in [-0.39, 0.29) is 44.0 Å². The van der Waals surface area contributed by atoms with E-state index < -0.39 is 16.6 Å². The Morgan fingerprint density at radius 2 is 1.93 bits per heavy atom. The molecule has 0 aliphatic carbocycles. The SMILES string of the molecule is Cc1onc(-c2c(Cl)cccc2Cl)c1C(=O)Nc1cc([N+](=O)[O-])ccc1F. The number of non-ortho nitro benzene ring substituents is 1. The first-order chi connectivity index (χ1) is 12.8. The predicted molar refractivity (Wildman–Crippen MR) is 97.7 cm³/mol. The highest BCUT2D eigenvalue weighted by atomic mass is 35.5. The molecule has 1 aromatic heterocycles. The average molecular weight is 410 g/mol. The van der Waals surface area contributed by atoms with Crippen LogP contribution in [-0.4, -0.2) is 16.0 Å². The molecule has 0 fully saturated rings. The fraction of sp³-hybridized carbons (Fsp3) is 0.0588. The second-order valence-electron chi connectivity index (χ2n) is 5.43. The van der Waals surface area contributed by atoms with Crippen LogP contribution in [0.1, 0.15) is 16.1 Å². The number of halogens is 3. The fourth-order valence-corrected chi connectivity index (χ4v) is 3.02. The normalized spacial score (nSPS) is 10.7. The fourth-order valence-electron chi connectivity index (χ4n) is 2.44. The van der Waals surface area contributed by atoms with Crippen molar-refractivity contribution in [3.05, 3.63) is 73.7 Å². The largest absolute Gasteiger partial charge is 0.360 e. The number of carbonyl (C=O) groups excluding carboxylic acids is 1. The van der Waals surface area contributed by atoms with Gasteiger partial charge in [-0.05, 0) is 25.1 Å². The van der Waals surface area contributed by atoms with Crippen molar-refractivity contribution in [3.8, 4) is 11.3 Å². The van der Waals surface area contributed by atoms with Crippen LogP contribution >= 0.6 is 23.2 Å². The van der Waals surface area contributed by atoms with Crippen molar-refractivity contribution in [2.75, 3.05) is 5.32 Å². The summed E-state index contributed by atoms with van der Waals surface area (Å²) < 4.78 is 19.0. The monoisotopic (exact) mass is 409 g/mol. The number of amides is 1. The number of carbonyl (C=O) groups is 1. The molecule has 0 unspecified atom stereocenters. The van der Waals surface area contributed by atoms with Crippen LogP contribution in [0.4, 0.5) is 15.8 Å². The van der Waals surface area contributed by atoms with E-state index in [1.54, 1.807) is 18.2 Å². The third kappa shape index (κ3) is 3.62. The van der Waals surface area contributed by atoms with Crippen molar-refractivity contribution in [1.82, 2.24) is 5.16 Å². The molecule has 0 saturated heterocycles. The van der Waals surface area contributed by atoms with Gasteiger partial charge >= 0.3 is 0 Å². The van der Waals surface area contributed by atoms with Crippen LogP contribution in [0.15, 0.2) is 40.9 Å². The molecule has 3 rings (SSSR count). The van der Waals surface area contributed by atoms with Crippen LogP contribution in [-0.2, 0) is 0 Å². The molecular weight excluding hydrogens is 400 g/mol. The van der Waals surface area contributed by atoms with Gasteiger partial charge in [0.1, 0.15) is 22.8 Å². The quantitative estimate of drug-likeness (QED) is 0.468. The maximum atomic E-state index is 14.0. The van der Waals surface area contributed by atoms with E-state index >= 15 is 0 Å². The van der Waals surface area contributed by atoms with E-state index in [0.717, 1.165) is 18.2 Å². The second-order valence-corrected chi connectivity index (χ2v) is 6.25. The minimum Gasteiger partial charge on any atom is -0.360 e. The van der Waals surface area contributed by atoms with Crippen LogP contribution in [0.5, 0.6) is 0 Å². The summed E-state index contributed by atoms with van der Waals surface area (Å²) in [5.74, 6) is -1.47. The smallest absolute Gasteiger partial charge is 0.271 e. The number of aromatic nitrogens is 1. The Bertz CT molecular complexity index is 1050. The Morgan fingerprint density at radius 3 is 2.56 bits per heavy atom. The van der Waals surface area contributed by atoms with Crippen molar-refractivity contribution >= 4 is 40.5 Å². The highest BCUT2D eigenvalue weighted by molar-refractivity contribution is 6.39. The Kier molecular flexibility index (Phi) is 5.11. The molecule has 1 amide bonds. The maximum Gasteiger partial charge on any atom is 0.271 e. The van der Waals surface area contributed by atoms with Crippen LogP contribution in [0, 0.1) is 22.9 Å². The number of anilines is 1. The lowest BCUT2D eigenvalue weighted by atomic mass is 10.1. The zero-order chi connectivity index (χ0) is 19.7. The predicted octanol–water partition coefficient (Wildman–Crippen LogP) is 5.26. The summed E-state index contributed by atoms with van der Waals surface area (Å²) in [6.07, 6.45) is 0. The number of hydrogen-bond acceptors (Lipinski definition) is 5. The summed E-state index contributed by atoms with van der Waals surface area (Å²) >= 11 is 12.3. The average Bonchev–Trinajstić information content (AvgIpc) is 2.98. The number of aryl methyl sites for hydroxylation is 1. The topological polar surface area (TPSA) is 98.3 Å². The molecule has 0 radical (unpaired) electrons. The molecule has 1 N–H and O–H groups in total. The van der Waals surface area contributed by atoms with Gasteiger partial charge in [-0.1, -0.05) is 34.4 Å². The van der Waals surface area contributed by atoms with Crippen molar-refractivity contribution in [2.24, 2.45) is 0 Å². The molecule has 1 heterocycles. The lowest BCUT2D eigenvalue weighted by Gasteiger charge is -2.08. The minimum atomic E-state index is -0.833. The van der Waals surface area contributed by atoms with Crippen LogP contribution in [0.2, 0.25) is 10.0 Å². The van der Waals surface area contributed by atoms with Crippen LogP contribution < -0.4 is 5.32 Å². The van der Waals surface area contributed by atoms with Crippen LogP contribution in [0.25, 0.3) is 11.3 Å². The number of nitrogens with zero attached hydrogens (tertiary/aromatic N) is 2. The van der Waals surface area contributed by atoms with E-state index in [0.29, 0.717) is 0 Å². The van der Waals surface area contributed by atoms with Gasteiger partial charge < -0.3 is 9.84 Å². The number of rotatable bonds is 4. The van der Waals surface area contributed by atoms with Gasteiger partial charge in [-0.15, -0.1) is 0 Å². The molecule has 138 valence electrons. The maximum absolute atomic E-state index is 14.0. The zero-order valence-electron chi connectivity index (χ0n) is 13.6. The van der Waals surface area contributed by atoms with E-state index in [2.05, 4.69) is 10.5 Å². The number of nitro benzene ring substituents is 1. The van der Waals surface area contributed by atoms with Crippen LogP contribution in [0.3, 0.4) is 0 Å². The van der Waals surface area contributed by atoms with Gasteiger partial charge in [0.15, 0.2) is 0 Å². The van der Waals surface area contributed by atoms with Gasteiger partial charge in [-0.3, -0.25) is 14.9 Å². The summed E-state index contributed by atoms with van der Waals surface area (Å²) in [5, 5.41) is 17.5. The number of benzene rings is 2. The summed E-state index contributed by atoms with van der Waals surface area (Å²) in [6.45, 7) is 1.49. The molecule has 27 heavy (non-hydrogen) atoms. The van der Waals surface area contributed by atoms with Crippen molar-refractivity contribution in [2.45, 2.75) is 6.92 Å². The van der Waals surface area contributed by atoms with E-state index in [4.69, 9.17) is 27.7 Å². The summed E-state index contributed by atoms with van der Waals surface area (Å²) in [4.78, 5) is 22.9. The molecule has 3 aromatic rings. The molecule has 0 aliphatic rings. The molecular formula is C17H10Cl2FN3O4. The molecule has 10 heteroatoms. The summed E-state index contributed by atoms with van der Waals surface area (Å²) in [6, 6.07) is 7.55. The Balaban J connectivity index is 2.04. The van der Waals surface area contributed by atoms with Gasteiger partial charge in [0.25, 0.3) is 11.6 Å². The van der Waals surface area contributed by atoms with E-state index in [1.807, 2.05) is 0 Å². The van der Waals surface area contributed by atoms with E-state index in [1.165, 1.54) is 6.92 Å². The number of nitro groups is 1. The Labute approximate surface area is 161 Å². The molecule has 0 aliphatic heterocycles. The van der Waals surface area contributed by atoms with Crippen molar-refractivity contribution < 1.29 is 18.6 Å². The molecule has 2 aromatic carbocycles. The van der Waals surface area contributed by atoms with Gasteiger partial charge in [0.2, 0.25) is 0 Å². The lowest BCUT2D eigenvalue weighted by molar-refractivity contribution is -0.384. The summed E-state index contributed by atoms with van der Waals surface area (Å²) in [7, 11) is 0. The highest BCUT2D eigenvalue weighted by Gasteiger charge is 2.26. The third-order valence-corrected chi connectivity index (χ3v) is 4.33. The molecule has 0 spiro atoms. The lowest BCUT2D eigenvalue weighted by Crippen LogP contribution is -2.15. The Hall–Kier alpha value is -2.97. The standard InChI is InChI=1S/C17H10Cl2FN3O4/c1-8-14(16(22-27-8)15-10(18)3-2-4-11(15)19)17(24)21-13-7-9(23(25)26)5-6-12(13)20/h2-7H,1H3,(H,21,24). The van der Waals surface area contributed by atoms with E-state index in [9.17, 15) is 19.3 Å². The Morgan fingerprint density at radius 1 is 1.26 bits per heavy atom. The van der Waals surface area contributed by atoms with Gasteiger partial charge in [0, 0.05) is 17.7 Å². The molecule has 0 bridgehead atoms.